The summed E-state index contributed by atoms with van der Waals surface area (Å²) in [6, 6.07) is 10.5. The molecular formula is C24H26N4O. The molecule has 0 aliphatic rings. The SMILES string of the molecule is CC(C)(C)c1cc(CC(C)(C)c2cccc3nccnc23)cc2ncc(=O)[nH]c12. The molecule has 0 saturated carbocycles. The van der Waals surface area contributed by atoms with Crippen molar-refractivity contribution < 1.29 is 0 Å². The maximum atomic E-state index is 11.9. The van der Waals surface area contributed by atoms with Crippen LogP contribution < -0.4 is 5.56 Å². The molecule has 2 heterocycles. The third-order valence-corrected chi connectivity index (χ3v) is 5.43. The van der Waals surface area contributed by atoms with Gasteiger partial charge in [0.15, 0.2) is 0 Å². The second-order valence-electron chi connectivity index (χ2n) is 9.33. The number of benzene rings is 2. The number of fused-ring (bicyclic) bond motifs is 2. The molecule has 4 rings (SSSR count). The lowest BCUT2D eigenvalue weighted by Gasteiger charge is -2.28. The fraction of sp³-hybridized carbons (Fsp3) is 0.333. The van der Waals surface area contributed by atoms with Crippen molar-refractivity contribution in [2.24, 2.45) is 0 Å². The minimum atomic E-state index is -0.176. The molecule has 4 aromatic rings. The molecule has 0 aliphatic heterocycles. The largest absolute Gasteiger partial charge is 0.319 e. The van der Waals surface area contributed by atoms with Gasteiger partial charge in [-0.2, -0.15) is 0 Å². The molecule has 2 aromatic heterocycles. The number of rotatable bonds is 3. The Morgan fingerprint density at radius 1 is 0.897 bits per heavy atom. The Kier molecular flexibility index (Phi) is 4.49. The zero-order valence-electron chi connectivity index (χ0n) is 17.6. The number of H-pyrrole nitrogens is 1. The van der Waals surface area contributed by atoms with Crippen LogP contribution in [-0.2, 0) is 17.3 Å². The molecule has 0 fully saturated rings. The number of aromatic amines is 1. The second kappa shape index (κ2) is 6.76. The van der Waals surface area contributed by atoms with Gasteiger partial charge in [0.2, 0.25) is 0 Å². The number of hydrogen-bond donors (Lipinski definition) is 1. The quantitative estimate of drug-likeness (QED) is 0.555. The maximum Gasteiger partial charge on any atom is 0.266 e. The number of para-hydroxylation sites is 1. The molecule has 1 N–H and O–H groups in total. The Bertz CT molecular complexity index is 1260. The van der Waals surface area contributed by atoms with E-state index < -0.39 is 0 Å². The lowest BCUT2D eigenvalue weighted by Crippen LogP contribution is -2.22. The van der Waals surface area contributed by atoms with E-state index in [1.807, 2.05) is 12.1 Å². The van der Waals surface area contributed by atoms with E-state index in [1.54, 1.807) is 12.4 Å². The van der Waals surface area contributed by atoms with E-state index in [0.29, 0.717) is 0 Å². The Balaban J connectivity index is 1.85. The van der Waals surface area contributed by atoms with Crippen LogP contribution >= 0.6 is 0 Å². The van der Waals surface area contributed by atoms with Gasteiger partial charge < -0.3 is 4.98 Å². The van der Waals surface area contributed by atoms with Gasteiger partial charge in [0.05, 0.1) is 28.3 Å². The van der Waals surface area contributed by atoms with Crippen LogP contribution in [0.15, 0.2) is 53.7 Å². The molecule has 0 atom stereocenters. The van der Waals surface area contributed by atoms with Crippen molar-refractivity contribution >= 4 is 22.1 Å². The lowest BCUT2D eigenvalue weighted by atomic mass is 9.77. The first-order chi connectivity index (χ1) is 13.6. The van der Waals surface area contributed by atoms with Gasteiger partial charge in [0.1, 0.15) is 0 Å². The fourth-order valence-corrected chi connectivity index (χ4v) is 4.04. The minimum Gasteiger partial charge on any atom is -0.319 e. The summed E-state index contributed by atoms with van der Waals surface area (Å²) >= 11 is 0. The molecule has 0 aliphatic carbocycles. The molecule has 0 radical (unpaired) electrons. The molecule has 0 spiro atoms. The van der Waals surface area contributed by atoms with Crippen LogP contribution in [0.25, 0.3) is 22.1 Å². The average molecular weight is 386 g/mol. The number of aromatic nitrogens is 4. The summed E-state index contributed by atoms with van der Waals surface area (Å²) in [4.78, 5) is 28.3. The van der Waals surface area contributed by atoms with Gasteiger partial charge in [-0.05, 0) is 46.1 Å². The van der Waals surface area contributed by atoms with Gasteiger partial charge in [-0.15, -0.1) is 0 Å². The standard InChI is InChI=1S/C24H26N4O/c1-23(2,3)17-11-15(12-19-22(17)28-20(29)14-27-19)13-24(4,5)16-7-6-8-18-21(16)26-10-9-25-18/h6-12,14H,13H2,1-5H3,(H,28,29). The molecule has 0 amide bonds. The fourth-order valence-electron chi connectivity index (χ4n) is 4.04. The van der Waals surface area contributed by atoms with Gasteiger partial charge in [0, 0.05) is 12.4 Å². The summed E-state index contributed by atoms with van der Waals surface area (Å²) in [5, 5.41) is 0. The highest BCUT2D eigenvalue weighted by atomic mass is 16.1. The molecule has 29 heavy (non-hydrogen) atoms. The third kappa shape index (κ3) is 3.65. The van der Waals surface area contributed by atoms with Crippen molar-refractivity contribution in [3.05, 3.63) is 76.0 Å². The smallest absolute Gasteiger partial charge is 0.266 e. The third-order valence-electron chi connectivity index (χ3n) is 5.43. The van der Waals surface area contributed by atoms with Crippen molar-refractivity contribution in [3.8, 4) is 0 Å². The summed E-state index contributed by atoms with van der Waals surface area (Å²) in [7, 11) is 0. The first-order valence-electron chi connectivity index (χ1n) is 9.88. The summed E-state index contributed by atoms with van der Waals surface area (Å²) in [5.74, 6) is 0. The van der Waals surface area contributed by atoms with E-state index in [4.69, 9.17) is 0 Å². The van der Waals surface area contributed by atoms with E-state index in [-0.39, 0.29) is 16.4 Å². The van der Waals surface area contributed by atoms with Crippen LogP contribution in [0.2, 0.25) is 0 Å². The van der Waals surface area contributed by atoms with Gasteiger partial charge in [-0.3, -0.25) is 14.8 Å². The van der Waals surface area contributed by atoms with Crippen LogP contribution in [0.3, 0.4) is 0 Å². The highest BCUT2D eigenvalue weighted by Crippen LogP contribution is 2.35. The summed E-state index contributed by atoms with van der Waals surface area (Å²) in [6.07, 6.45) is 5.65. The average Bonchev–Trinajstić information content (AvgIpc) is 2.66. The van der Waals surface area contributed by atoms with Crippen molar-refractivity contribution in [3.63, 3.8) is 0 Å². The Labute approximate surface area is 170 Å². The van der Waals surface area contributed by atoms with Gasteiger partial charge in [-0.1, -0.05) is 52.8 Å². The normalized spacial score (nSPS) is 12.6. The van der Waals surface area contributed by atoms with Gasteiger partial charge >= 0.3 is 0 Å². The van der Waals surface area contributed by atoms with Crippen molar-refractivity contribution in [2.45, 2.75) is 51.9 Å². The first kappa shape index (κ1) is 19.2. The monoisotopic (exact) mass is 386 g/mol. The lowest BCUT2D eigenvalue weighted by molar-refractivity contribution is 0.524. The Hall–Kier alpha value is -3.08. The van der Waals surface area contributed by atoms with Crippen molar-refractivity contribution in [2.75, 3.05) is 0 Å². The Morgan fingerprint density at radius 2 is 1.66 bits per heavy atom. The molecule has 0 unspecified atom stereocenters. The van der Waals surface area contributed by atoms with Crippen molar-refractivity contribution in [1.82, 2.24) is 19.9 Å². The summed E-state index contributed by atoms with van der Waals surface area (Å²) in [6.45, 7) is 10.9. The van der Waals surface area contributed by atoms with Crippen LogP contribution in [0.1, 0.15) is 51.3 Å². The number of nitrogens with one attached hydrogen (secondary N) is 1. The zero-order chi connectivity index (χ0) is 20.8. The summed E-state index contributed by atoms with van der Waals surface area (Å²) < 4.78 is 0. The van der Waals surface area contributed by atoms with E-state index in [1.165, 1.54) is 17.3 Å². The zero-order valence-corrected chi connectivity index (χ0v) is 17.6. The first-order valence-corrected chi connectivity index (χ1v) is 9.88. The maximum absolute atomic E-state index is 11.9. The molecule has 0 saturated heterocycles. The molecule has 2 aromatic carbocycles. The highest BCUT2D eigenvalue weighted by molar-refractivity contribution is 5.81. The van der Waals surface area contributed by atoms with E-state index in [2.05, 4.69) is 72.8 Å². The van der Waals surface area contributed by atoms with Crippen LogP contribution in [0.4, 0.5) is 0 Å². The second-order valence-corrected chi connectivity index (χ2v) is 9.33. The van der Waals surface area contributed by atoms with E-state index in [0.717, 1.165) is 34.1 Å². The molecular weight excluding hydrogens is 360 g/mol. The van der Waals surface area contributed by atoms with E-state index in [9.17, 15) is 4.79 Å². The number of hydrogen-bond acceptors (Lipinski definition) is 4. The predicted molar refractivity (Wildman–Crippen MR) is 117 cm³/mol. The highest BCUT2D eigenvalue weighted by Gasteiger charge is 2.26. The van der Waals surface area contributed by atoms with Gasteiger partial charge in [-0.25, -0.2) is 4.98 Å². The van der Waals surface area contributed by atoms with Crippen LogP contribution in [0.5, 0.6) is 0 Å². The molecule has 5 heteroatoms. The van der Waals surface area contributed by atoms with E-state index >= 15 is 0 Å². The molecule has 5 nitrogen and oxygen atoms in total. The predicted octanol–water partition coefficient (Wildman–Crippen LogP) is 4.68. The summed E-state index contributed by atoms with van der Waals surface area (Å²) in [5.41, 5.74) is 6.51. The van der Waals surface area contributed by atoms with Crippen molar-refractivity contribution in [1.29, 1.82) is 0 Å². The number of nitrogens with zero attached hydrogens (tertiary/aromatic N) is 3. The Morgan fingerprint density at radius 3 is 2.41 bits per heavy atom. The topological polar surface area (TPSA) is 71.5 Å². The minimum absolute atomic E-state index is 0.116. The van der Waals surface area contributed by atoms with Gasteiger partial charge in [0.25, 0.3) is 5.56 Å². The molecule has 148 valence electrons. The van der Waals surface area contributed by atoms with Crippen LogP contribution in [0, 0.1) is 0 Å². The molecule has 0 bridgehead atoms. The van der Waals surface area contributed by atoms with Crippen LogP contribution in [-0.4, -0.2) is 19.9 Å².